The average Bonchev–Trinajstić information content (AvgIpc) is 2.69. The van der Waals surface area contributed by atoms with Crippen LogP contribution >= 0.6 is 0 Å². The van der Waals surface area contributed by atoms with Crippen molar-refractivity contribution in [3.8, 4) is 5.95 Å². The first-order valence-corrected chi connectivity index (χ1v) is 6.44. The van der Waals surface area contributed by atoms with Gasteiger partial charge >= 0.3 is 0 Å². The number of nitrogens with one attached hydrogen (secondary N) is 2. The van der Waals surface area contributed by atoms with Crippen LogP contribution < -0.4 is 10.9 Å². The van der Waals surface area contributed by atoms with Crippen molar-refractivity contribution in [2.75, 3.05) is 5.32 Å². The summed E-state index contributed by atoms with van der Waals surface area (Å²) in [7, 11) is 0. The standard InChI is InChI=1S/C13H17N5O2/c1-4-5-11(19)15-10-6-9(3)17-18(10)13-14-8(2)7-12(20)16-13/h6-7H,4-5H2,1-3H3,(H,15,19)(H,14,16,20). The van der Waals surface area contributed by atoms with Gasteiger partial charge in [0.05, 0.1) is 5.69 Å². The predicted molar refractivity (Wildman–Crippen MR) is 75.0 cm³/mol. The van der Waals surface area contributed by atoms with E-state index < -0.39 is 0 Å². The van der Waals surface area contributed by atoms with E-state index in [9.17, 15) is 9.59 Å². The fraction of sp³-hybridized carbons (Fsp3) is 0.385. The summed E-state index contributed by atoms with van der Waals surface area (Å²) in [5.41, 5.74) is 1.05. The summed E-state index contributed by atoms with van der Waals surface area (Å²) in [5.74, 6) is 0.688. The highest BCUT2D eigenvalue weighted by molar-refractivity contribution is 5.90. The highest BCUT2D eigenvalue weighted by atomic mass is 16.1. The normalized spacial score (nSPS) is 10.6. The molecule has 7 heteroatoms. The smallest absolute Gasteiger partial charge is 0.252 e. The molecule has 0 saturated heterocycles. The molecule has 0 radical (unpaired) electrons. The van der Waals surface area contributed by atoms with Crippen molar-refractivity contribution in [3.05, 3.63) is 33.9 Å². The SMILES string of the molecule is CCCC(=O)Nc1cc(C)nn1-c1nc(C)cc(=O)[nH]1. The second-order valence-electron chi connectivity index (χ2n) is 4.59. The van der Waals surface area contributed by atoms with Gasteiger partial charge in [-0.1, -0.05) is 6.92 Å². The third-order valence-electron chi connectivity index (χ3n) is 2.63. The minimum atomic E-state index is -0.258. The van der Waals surface area contributed by atoms with Crippen molar-refractivity contribution >= 4 is 11.7 Å². The maximum Gasteiger partial charge on any atom is 0.252 e. The van der Waals surface area contributed by atoms with E-state index in [1.807, 2.05) is 6.92 Å². The Morgan fingerprint density at radius 3 is 2.75 bits per heavy atom. The first-order valence-electron chi connectivity index (χ1n) is 6.44. The lowest BCUT2D eigenvalue weighted by atomic mass is 10.3. The van der Waals surface area contributed by atoms with E-state index in [1.54, 1.807) is 19.9 Å². The van der Waals surface area contributed by atoms with Gasteiger partial charge in [-0.25, -0.2) is 4.98 Å². The number of rotatable bonds is 4. The molecule has 2 rings (SSSR count). The number of amides is 1. The van der Waals surface area contributed by atoms with E-state index >= 15 is 0 Å². The van der Waals surface area contributed by atoms with E-state index in [0.29, 0.717) is 17.9 Å². The molecule has 0 spiro atoms. The summed E-state index contributed by atoms with van der Waals surface area (Å²) >= 11 is 0. The van der Waals surface area contributed by atoms with Crippen molar-refractivity contribution in [3.63, 3.8) is 0 Å². The van der Waals surface area contributed by atoms with Gasteiger partial charge in [0.15, 0.2) is 0 Å². The van der Waals surface area contributed by atoms with Crippen LogP contribution in [0.4, 0.5) is 5.82 Å². The molecule has 2 aromatic rings. The molecule has 0 bridgehead atoms. The van der Waals surface area contributed by atoms with Crippen molar-refractivity contribution in [1.82, 2.24) is 19.7 Å². The fourth-order valence-electron chi connectivity index (χ4n) is 1.85. The Balaban J connectivity index is 2.41. The van der Waals surface area contributed by atoms with Gasteiger partial charge in [-0.2, -0.15) is 9.78 Å². The van der Waals surface area contributed by atoms with Gasteiger partial charge in [0.25, 0.3) is 5.56 Å². The van der Waals surface area contributed by atoms with Gasteiger partial charge in [-0.3, -0.25) is 14.6 Å². The molecule has 0 unspecified atom stereocenters. The summed E-state index contributed by atoms with van der Waals surface area (Å²) in [6.07, 6.45) is 1.19. The Morgan fingerprint density at radius 2 is 2.10 bits per heavy atom. The van der Waals surface area contributed by atoms with Crippen LogP contribution in [0.1, 0.15) is 31.2 Å². The zero-order valence-corrected chi connectivity index (χ0v) is 11.7. The molecule has 106 valence electrons. The minimum Gasteiger partial charge on any atom is -0.310 e. The summed E-state index contributed by atoms with van der Waals surface area (Å²) in [6.45, 7) is 5.46. The second kappa shape index (κ2) is 5.68. The summed E-state index contributed by atoms with van der Waals surface area (Å²) in [5, 5.41) is 7.01. The van der Waals surface area contributed by atoms with Crippen LogP contribution in [0.15, 0.2) is 16.9 Å². The number of aryl methyl sites for hydroxylation is 2. The van der Waals surface area contributed by atoms with Crippen LogP contribution in [0.25, 0.3) is 5.95 Å². The molecule has 0 saturated carbocycles. The average molecular weight is 275 g/mol. The summed E-state index contributed by atoms with van der Waals surface area (Å²) in [6, 6.07) is 3.13. The molecule has 0 aliphatic carbocycles. The van der Waals surface area contributed by atoms with Crippen molar-refractivity contribution < 1.29 is 4.79 Å². The number of H-pyrrole nitrogens is 1. The molecule has 0 fully saturated rings. The Morgan fingerprint density at radius 1 is 1.35 bits per heavy atom. The zero-order valence-electron chi connectivity index (χ0n) is 11.7. The number of aromatic amines is 1. The quantitative estimate of drug-likeness (QED) is 0.879. The highest BCUT2D eigenvalue weighted by Crippen LogP contribution is 2.14. The summed E-state index contributed by atoms with van der Waals surface area (Å²) < 4.78 is 1.43. The van der Waals surface area contributed by atoms with Crippen molar-refractivity contribution in [2.45, 2.75) is 33.6 Å². The Kier molecular flexibility index (Phi) is 3.97. The van der Waals surface area contributed by atoms with E-state index in [2.05, 4.69) is 20.4 Å². The summed E-state index contributed by atoms with van der Waals surface area (Å²) in [4.78, 5) is 30.0. The molecule has 0 aliphatic rings. The minimum absolute atomic E-state index is 0.0938. The predicted octanol–water partition coefficient (Wildman–Crippen LogP) is 1.31. The molecular formula is C13H17N5O2. The van der Waals surface area contributed by atoms with Crippen molar-refractivity contribution in [2.24, 2.45) is 0 Å². The number of aromatic nitrogens is 4. The van der Waals surface area contributed by atoms with Crippen LogP contribution in [0.5, 0.6) is 0 Å². The number of anilines is 1. The van der Waals surface area contributed by atoms with E-state index in [0.717, 1.165) is 12.1 Å². The number of carbonyl (C=O) groups is 1. The first-order chi connectivity index (χ1) is 9.49. The Labute approximate surface area is 116 Å². The second-order valence-corrected chi connectivity index (χ2v) is 4.59. The van der Waals surface area contributed by atoms with Crippen LogP contribution in [0.2, 0.25) is 0 Å². The van der Waals surface area contributed by atoms with Crippen LogP contribution in [-0.4, -0.2) is 25.7 Å². The molecule has 20 heavy (non-hydrogen) atoms. The van der Waals surface area contributed by atoms with Gasteiger partial charge in [0, 0.05) is 24.2 Å². The van der Waals surface area contributed by atoms with Crippen LogP contribution in [0.3, 0.4) is 0 Å². The molecular weight excluding hydrogens is 258 g/mol. The number of nitrogens with zero attached hydrogens (tertiary/aromatic N) is 3. The van der Waals surface area contributed by atoms with Gasteiger partial charge in [0.2, 0.25) is 11.9 Å². The molecule has 1 amide bonds. The lowest BCUT2D eigenvalue weighted by Crippen LogP contribution is -2.18. The monoisotopic (exact) mass is 275 g/mol. The lowest BCUT2D eigenvalue weighted by molar-refractivity contribution is -0.116. The molecule has 2 N–H and O–H groups in total. The van der Waals surface area contributed by atoms with Crippen LogP contribution in [-0.2, 0) is 4.79 Å². The van der Waals surface area contributed by atoms with E-state index in [1.165, 1.54) is 10.7 Å². The third-order valence-corrected chi connectivity index (χ3v) is 2.63. The zero-order chi connectivity index (χ0) is 14.7. The molecule has 0 atom stereocenters. The molecule has 2 aromatic heterocycles. The molecule has 0 aliphatic heterocycles. The highest BCUT2D eigenvalue weighted by Gasteiger charge is 2.12. The van der Waals surface area contributed by atoms with Crippen LogP contribution in [0, 0.1) is 13.8 Å². The lowest BCUT2D eigenvalue weighted by Gasteiger charge is -2.07. The van der Waals surface area contributed by atoms with E-state index in [-0.39, 0.29) is 17.4 Å². The first kappa shape index (κ1) is 14.0. The molecule has 2 heterocycles. The largest absolute Gasteiger partial charge is 0.310 e. The Hall–Kier alpha value is -2.44. The molecule has 7 nitrogen and oxygen atoms in total. The Bertz CT molecular complexity index is 686. The van der Waals surface area contributed by atoms with Gasteiger partial charge in [0.1, 0.15) is 5.82 Å². The maximum atomic E-state index is 11.7. The van der Waals surface area contributed by atoms with Gasteiger partial charge in [-0.15, -0.1) is 0 Å². The van der Waals surface area contributed by atoms with Gasteiger partial charge in [-0.05, 0) is 20.3 Å². The third kappa shape index (κ3) is 3.11. The molecule has 0 aromatic carbocycles. The van der Waals surface area contributed by atoms with Gasteiger partial charge < -0.3 is 5.32 Å². The van der Waals surface area contributed by atoms with E-state index in [4.69, 9.17) is 0 Å². The van der Waals surface area contributed by atoms with Crippen molar-refractivity contribution in [1.29, 1.82) is 0 Å². The fourth-order valence-corrected chi connectivity index (χ4v) is 1.85. The number of carbonyl (C=O) groups excluding carboxylic acids is 1. The topological polar surface area (TPSA) is 92.7 Å². The number of hydrogen-bond acceptors (Lipinski definition) is 4. The maximum absolute atomic E-state index is 11.7. The number of hydrogen-bond donors (Lipinski definition) is 2.